The van der Waals surface area contributed by atoms with Crippen LogP contribution in [0.25, 0.3) is 6.08 Å². The second-order valence-corrected chi connectivity index (χ2v) is 8.75. The Bertz CT molecular complexity index is 1500. The van der Waals surface area contributed by atoms with E-state index in [1.54, 1.807) is 42.5 Å². The first-order valence-electron chi connectivity index (χ1n) is 11.9. The molecule has 2 aliphatic heterocycles. The topological polar surface area (TPSA) is 119 Å². The number of fused-ring (bicyclic) bond motifs is 3. The second kappa shape index (κ2) is 10.1. The van der Waals surface area contributed by atoms with Crippen LogP contribution < -0.4 is 33.2 Å². The third-order valence-corrected chi connectivity index (χ3v) is 6.71. The molecule has 3 aromatic rings. The third kappa shape index (κ3) is 4.33. The maximum Gasteiger partial charge on any atom is 0.312 e. The van der Waals surface area contributed by atoms with Crippen molar-refractivity contribution in [1.29, 1.82) is 0 Å². The third-order valence-electron chi connectivity index (χ3n) is 6.71. The molecule has 0 aliphatic carbocycles. The molecule has 202 valence electrons. The van der Waals surface area contributed by atoms with E-state index >= 15 is 0 Å². The highest BCUT2D eigenvalue weighted by atomic mass is 16.5. The fraction of sp³-hybridized carbons (Fsp3) is 0.241. The number of phenols is 1. The van der Waals surface area contributed by atoms with Gasteiger partial charge in [-0.2, -0.15) is 0 Å². The minimum absolute atomic E-state index is 0.0271. The number of allylic oxidation sites excluding steroid dienone is 1. The van der Waals surface area contributed by atoms with Crippen molar-refractivity contribution in [3.05, 3.63) is 64.4 Å². The molecule has 0 aromatic heterocycles. The standard InChI is InChI=1S/C29H26O10/c1-33-19-13-21(35-3)20(34-2)10-15(19)11-24-27(31)16-6-7-18-26(29(16)39-24)17(12-25(30)38-18)14-8-22(36-4)28(32)23(9-14)37-5/h6-11,13,17,32H,12H2,1-5H3/b24-11-. The van der Waals surface area contributed by atoms with E-state index in [0.29, 0.717) is 39.5 Å². The van der Waals surface area contributed by atoms with Gasteiger partial charge in [0.2, 0.25) is 11.5 Å². The van der Waals surface area contributed by atoms with E-state index in [-0.39, 0.29) is 46.7 Å². The summed E-state index contributed by atoms with van der Waals surface area (Å²) in [7, 11) is 7.36. The fourth-order valence-corrected chi connectivity index (χ4v) is 4.81. The quantitative estimate of drug-likeness (QED) is 0.264. The first kappa shape index (κ1) is 25.8. The molecule has 1 atom stereocenters. The zero-order valence-electron chi connectivity index (χ0n) is 21.9. The molecular formula is C29H26O10. The number of hydrogen-bond acceptors (Lipinski definition) is 10. The lowest BCUT2D eigenvalue weighted by molar-refractivity contribution is -0.135. The van der Waals surface area contributed by atoms with Gasteiger partial charge in [0.05, 0.1) is 47.5 Å². The summed E-state index contributed by atoms with van der Waals surface area (Å²) in [5.74, 6) is 0.810. The average Bonchev–Trinajstić information content (AvgIpc) is 3.26. The van der Waals surface area contributed by atoms with Crippen LogP contribution in [0.1, 0.15) is 39.4 Å². The molecule has 5 rings (SSSR count). The molecule has 0 amide bonds. The summed E-state index contributed by atoms with van der Waals surface area (Å²) in [6.45, 7) is 0. The average molecular weight is 535 g/mol. The van der Waals surface area contributed by atoms with Gasteiger partial charge in [-0.3, -0.25) is 9.59 Å². The fourth-order valence-electron chi connectivity index (χ4n) is 4.81. The predicted octanol–water partition coefficient (Wildman–Crippen LogP) is 4.49. The highest BCUT2D eigenvalue weighted by Crippen LogP contribution is 2.51. The van der Waals surface area contributed by atoms with Crippen molar-refractivity contribution >= 4 is 17.8 Å². The van der Waals surface area contributed by atoms with Gasteiger partial charge in [-0.1, -0.05) is 0 Å². The van der Waals surface area contributed by atoms with Crippen LogP contribution in [0.5, 0.6) is 46.0 Å². The summed E-state index contributed by atoms with van der Waals surface area (Å²) in [4.78, 5) is 26.0. The van der Waals surface area contributed by atoms with Crippen molar-refractivity contribution in [3.8, 4) is 46.0 Å². The summed E-state index contributed by atoms with van der Waals surface area (Å²) >= 11 is 0. The molecule has 1 N–H and O–H groups in total. The zero-order valence-corrected chi connectivity index (χ0v) is 21.9. The number of ether oxygens (including phenoxy) is 7. The van der Waals surface area contributed by atoms with Crippen LogP contribution >= 0.6 is 0 Å². The van der Waals surface area contributed by atoms with E-state index in [4.69, 9.17) is 33.2 Å². The second-order valence-electron chi connectivity index (χ2n) is 8.75. The minimum Gasteiger partial charge on any atom is -0.502 e. The number of Topliss-reactive ketones (excluding diaryl/α,β-unsaturated/α-hetero) is 1. The van der Waals surface area contributed by atoms with E-state index in [1.165, 1.54) is 35.5 Å². The molecule has 39 heavy (non-hydrogen) atoms. The van der Waals surface area contributed by atoms with Crippen molar-refractivity contribution in [3.63, 3.8) is 0 Å². The largest absolute Gasteiger partial charge is 0.502 e. The summed E-state index contributed by atoms with van der Waals surface area (Å²) in [6, 6.07) is 9.71. The van der Waals surface area contributed by atoms with Crippen LogP contribution in [0.15, 0.2) is 42.2 Å². The molecule has 10 heteroatoms. The maximum absolute atomic E-state index is 13.4. The molecule has 0 bridgehead atoms. The molecule has 1 unspecified atom stereocenters. The maximum atomic E-state index is 13.4. The summed E-state index contributed by atoms with van der Waals surface area (Å²) in [5, 5.41) is 10.4. The Balaban J connectivity index is 1.63. The molecule has 0 radical (unpaired) electrons. The van der Waals surface area contributed by atoms with Crippen LogP contribution in [0.2, 0.25) is 0 Å². The van der Waals surface area contributed by atoms with E-state index in [0.717, 1.165) is 0 Å². The van der Waals surface area contributed by atoms with Gasteiger partial charge in [0.1, 0.15) is 17.2 Å². The van der Waals surface area contributed by atoms with Crippen molar-refractivity contribution in [1.82, 2.24) is 0 Å². The van der Waals surface area contributed by atoms with Crippen molar-refractivity contribution < 1.29 is 47.9 Å². The molecule has 3 aromatic carbocycles. The minimum atomic E-state index is -0.567. The highest BCUT2D eigenvalue weighted by Gasteiger charge is 2.39. The number of carbonyl (C=O) groups is 2. The molecule has 0 saturated heterocycles. The number of benzene rings is 3. The Kier molecular flexibility index (Phi) is 6.69. The molecule has 0 fully saturated rings. The lowest BCUT2D eigenvalue weighted by Gasteiger charge is -2.27. The summed E-state index contributed by atoms with van der Waals surface area (Å²) < 4.78 is 38.5. The van der Waals surface area contributed by atoms with Crippen LogP contribution in [-0.4, -0.2) is 52.4 Å². The summed E-state index contributed by atoms with van der Waals surface area (Å²) in [6.07, 6.45) is 1.53. The van der Waals surface area contributed by atoms with Crippen LogP contribution in [0, 0.1) is 0 Å². The number of ketones is 1. The molecule has 0 saturated carbocycles. The molecular weight excluding hydrogens is 508 g/mol. The normalized spacial score (nSPS) is 16.6. The van der Waals surface area contributed by atoms with E-state index in [1.807, 2.05) is 0 Å². The van der Waals surface area contributed by atoms with Crippen molar-refractivity contribution in [2.75, 3.05) is 35.5 Å². The summed E-state index contributed by atoms with van der Waals surface area (Å²) in [5.41, 5.74) is 2.00. The lowest BCUT2D eigenvalue weighted by Crippen LogP contribution is -2.21. The first-order valence-corrected chi connectivity index (χ1v) is 11.9. The van der Waals surface area contributed by atoms with Gasteiger partial charge in [-0.05, 0) is 42.0 Å². The van der Waals surface area contributed by atoms with Crippen LogP contribution in [-0.2, 0) is 4.79 Å². The number of rotatable bonds is 7. The van der Waals surface area contributed by atoms with Gasteiger partial charge < -0.3 is 38.3 Å². The van der Waals surface area contributed by atoms with Crippen molar-refractivity contribution in [2.24, 2.45) is 0 Å². The number of esters is 1. The number of aromatic hydroxyl groups is 1. The Morgan fingerprint density at radius 3 is 2.03 bits per heavy atom. The smallest absolute Gasteiger partial charge is 0.312 e. The first-order chi connectivity index (χ1) is 18.8. The van der Waals surface area contributed by atoms with Gasteiger partial charge in [0, 0.05) is 23.1 Å². The zero-order chi connectivity index (χ0) is 27.8. The molecule has 2 heterocycles. The number of phenolic OH excluding ortho intramolecular Hbond substituents is 1. The Morgan fingerprint density at radius 2 is 1.41 bits per heavy atom. The monoisotopic (exact) mass is 534 g/mol. The van der Waals surface area contributed by atoms with E-state index < -0.39 is 11.9 Å². The van der Waals surface area contributed by atoms with Crippen LogP contribution in [0.3, 0.4) is 0 Å². The van der Waals surface area contributed by atoms with Crippen LogP contribution in [0.4, 0.5) is 0 Å². The SMILES string of the molecule is COc1cc(OC)c(OC)cc1/C=C1\Oc2c(ccc3c2C(c2cc(OC)c(O)c(OC)c2)CC(=O)O3)C1=O. The van der Waals surface area contributed by atoms with Gasteiger partial charge in [-0.25, -0.2) is 0 Å². The number of methoxy groups -OCH3 is 5. The van der Waals surface area contributed by atoms with Crippen molar-refractivity contribution in [2.45, 2.75) is 12.3 Å². The highest BCUT2D eigenvalue weighted by molar-refractivity contribution is 6.15. The Hall–Kier alpha value is -4.86. The van der Waals surface area contributed by atoms with Gasteiger partial charge in [0.15, 0.2) is 28.8 Å². The van der Waals surface area contributed by atoms with Gasteiger partial charge in [-0.15, -0.1) is 0 Å². The Labute approximate surface area is 224 Å². The number of carbonyl (C=O) groups excluding carboxylic acids is 2. The predicted molar refractivity (Wildman–Crippen MR) is 139 cm³/mol. The van der Waals surface area contributed by atoms with E-state index in [2.05, 4.69) is 0 Å². The molecule has 10 nitrogen and oxygen atoms in total. The number of hydrogen-bond donors (Lipinski definition) is 1. The molecule has 2 aliphatic rings. The van der Waals surface area contributed by atoms with E-state index in [9.17, 15) is 14.7 Å². The lowest BCUT2D eigenvalue weighted by atomic mass is 9.84. The van der Waals surface area contributed by atoms with Gasteiger partial charge in [0.25, 0.3) is 0 Å². The molecule has 0 spiro atoms. The van der Waals surface area contributed by atoms with Gasteiger partial charge >= 0.3 is 5.97 Å². The Morgan fingerprint density at radius 1 is 0.795 bits per heavy atom.